The van der Waals surface area contributed by atoms with E-state index in [1.54, 1.807) is 42.1 Å². The van der Waals surface area contributed by atoms with E-state index in [-0.39, 0.29) is 23.7 Å². The highest BCUT2D eigenvalue weighted by Gasteiger charge is 2.19. The molecule has 0 bridgehead atoms. The number of aromatic nitrogens is 4. The monoisotopic (exact) mass is 512 g/mol. The Morgan fingerprint density at radius 3 is 2.33 bits per heavy atom. The average Bonchev–Trinajstić information content (AvgIpc) is 3.23. The first-order chi connectivity index (χ1) is 17.3. The van der Waals surface area contributed by atoms with Crippen molar-refractivity contribution in [3.8, 4) is 17.2 Å². The Hall–Kier alpha value is -4.25. The fourth-order valence-electron chi connectivity index (χ4n) is 3.84. The molecule has 0 spiro atoms. The molecule has 12 heteroatoms. The Bertz CT molecular complexity index is 1560. The largest absolute Gasteiger partial charge is 0.493 e. The lowest BCUT2D eigenvalue weighted by Gasteiger charge is -2.12. The van der Waals surface area contributed by atoms with Crippen LogP contribution in [-0.4, -0.2) is 46.2 Å². The third-order valence-corrected chi connectivity index (χ3v) is 5.88. The van der Waals surface area contributed by atoms with Gasteiger partial charge in [-0.3, -0.25) is 18.5 Å². The number of nitrogens with zero attached hydrogens (tertiary/aromatic N) is 5. The van der Waals surface area contributed by atoms with E-state index in [0.29, 0.717) is 27.8 Å². The van der Waals surface area contributed by atoms with E-state index in [1.807, 2.05) is 12.1 Å². The molecule has 2 aromatic carbocycles. The summed E-state index contributed by atoms with van der Waals surface area (Å²) in [5.74, 6) is 1.69. The Labute approximate surface area is 211 Å². The first-order valence-corrected chi connectivity index (χ1v) is 11.2. The maximum absolute atomic E-state index is 13.0. The highest BCUT2D eigenvalue weighted by atomic mass is 35.5. The molecular formula is C24H25ClN6O5. The van der Waals surface area contributed by atoms with Gasteiger partial charge in [-0.1, -0.05) is 23.7 Å². The molecule has 0 aliphatic rings. The summed E-state index contributed by atoms with van der Waals surface area (Å²) in [4.78, 5) is 30.0. The highest BCUT2D eigenvalue weighted by Crippen LogP contribution is 2.37. The van der Waals surface area contributed by atoms with Gasteiger partial charge in [-0.15, -0.1) is 0 Å². The SMILES string of the molecule is COc1cc(/C=N\Nc2nc3c(c(=O)n(C)c(=O)n3C)n2Cc2cccc(Cl)c2)cc(OC)c1OC. The van der Waals surface area contributed by atoms with Gasteiger partial charge in [0.25, 0.3) is 5.56 Å². The second-order valence-corrected chi connectivity index (χ2v) is 8.29. The molecule has 4 aromatic rings. The maximum atomic E-state index is 13.0. The molecule has 0 amide bonds. The van der Waals surface area contributed by atoms with E-state index in [4.69, 9.17) is 25.8 Å². The molecule has 0 aliphatic carbocycles. The fraction of sp³-hybridized carbons (Fsp3) is 0.250. The number of fused-ring (bicyclic) bond motifs is 1. The van der Waals surface area contributed by atoms with Crippen molar-refractivity contribution in [3.63, 3.8) is 0 Å². The molecule has 188 valence electrons. The first kappa shape index (κ1) is 24.9. The summed E-state index contributed by atoms with van der Waals surface area (Å²) in [5.41, 5.74) is 3.94. The maximum Gasteiger partial charge on any atom is 0.332 e. The summed E-state index contributed by atoms with van der Waals surface area (Å²) in [6, 6.07) is 10.7. The zero-order valence-corrected chi connectivity index (χ0v) is 21.2. The van der Waals surface area contributed by atoms with E-state index in [1.165, 1.54) is 32.9 Å². The van der Waals surface area contributed by atoms with Crippen LogP contribution in [0.15, 0.2) is 51.1 Å². The number of anilines is 1. The topological polar surface area (TPSA) is 114 Å². The van der Waals surface area contributed by atoms with Crippen molar-refractivity contribution >= 4 is 34.9 Å². The number of hydrazone groups is 1. The number of imidazole rings is 1. The fourth-order valence-corrected chi connectivity index (χ4v) is 4.06. The van der Waals surface area contributed by atoms with Crippen LogP contribution in [0.1, 0.15) is 11.1 Å². The van der Waals surface area contributed by atoms with Crippen LogP contribution in [-0.2, 0) is 20.6 Å². The van der Waals surface area contributed by atoms with Crippen LogP contribution in [0.25, 0.3) is 11.2 Å². The van der Waals surface area contributed by atoms with Crippen LogP contribution < -0.4 is 30.9 Å². The van der Waals surface area contributed by atoms with Crippen molar-refractivity contribution in [2.75, 3.05) is 26.8 Å². The van der Waals surface area contributed by atoms with Gasteiger partial charge in [-0.05, 0) is 29.8 Å². The van der Waals surface area contributed by atoms with Crippen LogP contribution in [0.5, 0.6) is 17.2 Å². The van der Waals surface area contributed by atoms with E-state index < -0.39 is 11.2 Å². The summed E-state index contributed by atoms with van der Waals surface area (Å²) < 4.78 is 20.1. The molecule has 11 nitrogen and oxygen atoms in total. The molecule has 36 heavy (non-hydrogen) atoms. The van der Waals surface area contributed by atoms with E-state index in [9.17, 15) is 9.59 Å². The minimum absolute atomic E-state index is 0.232. The lowest BCUT2D eigenvalue weighted by atomic mass is 10.2. The molecule has 0 unspecified atom stereocenters. The van der Waals surface area contributed by atoms with Crippen molar-refractivity contribution in [1.29, 1.82) is 0 Å². The zero-order valence-electron chi connectivity index (χ0n) is 20.4. The molecule has 1 N–H and O–H groups in total. The molecule has 0 radical (unpaired) electrons. The minimum Gasteiger partial charge on any atom is -0.493 e. The zero-order chi connectivity index (χ0) is 26.0. The summed E-state index contributed by atoms with van der Waals surface area (Å²) in [6.45, 7) is 0.270. The quantitative estimate of drug-likeness (QED) is 0.285. The van der Waals surface area contributed by atoms with Crippen LogP contribution in [0.4, 0.5) is 5.95 Å². The van der Waals surface area contributed by atoms with Crippen molar-refractivity contribution in [2.45, 2.75) is 6.54 Å². The molecule has 0 aliphatic heterocycles. The summed E-state index contributed by atoms with van der Waals surface area (Å²) in [6.07, 6.45) is 1.55. The van der Waals surface area contributed by atoms with Crippen LogP contribution in [0, 0.1) is 0 Å². The molecule has 0 saturated carbocycles. The summed E-state index contributed by atoms with van der Waals surface area (Å²) in [5, 5.41) is 4.87. The molecule has 0 fully saturated rings. The normalized spacial score (nSPS) is 11.3. The van der Waals surface area contributed by atoms with Crippen LogP contribution in [0.3, 0.4) is 0 Å². The summed E-state index contributed by atoms with van der Waals surface area (Å²) >= 11 is 6.16. The number of benzene rings is 2. The Balaban J connectivity index is 1.79. The number of aryl methyl sites for hydroxylation is 1. The molecule has 0 saturated heterocycles. The van der Waals surface area contributed by atoms with Gasteiger partial charge >= 0.3 is 5.69 Å². The average molecular weight is 513 g/mol. The van der Waals surface area contributed by atoms with Gasteiger partial charge in [-0.2, -0.15) is 10.1 Å². The predicted molar refractivity (Wildman–Crippen MR) is 138 cm³/mol. The van der Waals surface area contributed by atoms with Crippen molar-refractivity contribution in [3.05, 3.63) is 73.4 Å². The second-order valence-electron chi connectivity index (χ2n) is 7.86. The van der Waals surface area contributed by atoms with E-state index in [2.05, 4.69) is 15.5 Å². The van der Waals surface area contributed by atoms with Gasteiger partial charge in [-0.25, -0.2) is 10.2 Å². The van der Waals surface area contributed by atoms with Crippen molar-refractivity contribution in [1.82, 2.24) is 18.7 Å². The van der Waals surface area contributed by atoms with Gasteiger partial charge < -0.3 is 14.2 Å². The third-order valence-electron chi connectivity index (χ3n) is 5.64. The molecule has 2 heterocycles. The Morgan fingerprint density at radius 2 is 1.72 bits per heavy atom. The number of halogens is 1. The highest BCUT2D eigenvalue weighted by molar-refractivity contribution is 6.30. The van der Waals surface area contributed by atoms with E-state index >= 15 is 0 Å². The standard InChI is InChI=1S/C24H25ClN6O5/c1-29-21-19(22(32)30(2)24(29)33)31(13-14-7-6-8-16(25)9-14)23(27-21)28-26-12-15-10-17(34-3)20(36-5)18(11-15)35-4/h6-12H,13H2,1-5H3,(H,27,28)/b26-12-. The van der Waals surface area contributed by atoms with Crippen LogP contribution >= 0.6 is 11.6 Å². The van der Waals surface area contributed by atoms with Gasteiger partial charge in [0.15, 0.2) is 22.7 Å². The third kappa shape index (κ3) is 4.52. The lowest BCUT2D eigenvalue weighted by molar-refractivity contribution is 0.324. The van der Waals surface area contributed by atoms with Gasteiger partial charge in [0, 0.05) is 24.7 Å². The molecule has 4 rings (SSSR count). The summed E-state index contributed by atoms with van der Waals surface area (Å²) in [7, 11) is 7.57. The number of hydrogen-bond donors (Lipinski definition) is 1. The Morgan fingerprint density at radius 1 is 1.03 bits per heavy atom. The molecule has 0 atom stereocenters. The number of nitrogens with one attached hydrogen (secondary N) is 1. The van der Waals surface area contributed by atoms with E-state index in [0.717, 1.165) is 10.1 Å². The van der Waals surface area contributed by atoms with Gasteiger partial charge in [0.2, 0.25) is 11.7 Å². The first-order valence-electron chi connectivity index (χ1n) is 10.8. The second kappa shape index (κ2) is 10.2. The van der Waals surface area contributed by atoms with Gasteiger partial charge in [0.1, 0.15) is 0 Å². The van der Waals surface area contributed by atoms with Crippen LogP contribution in [0.2, 0.25) is 5.02 Å². The van der Waals surface area contributed by atoms with Crippen molar-refractivity contribution in [2.24, 2.45) is 19.2 Å². The smallest absolute Gasteiger partial charge is 0.332 e. The number of methoxy groups -OCH3 is 3. The number of rotatable bonds is 8. The van der Waals surface area contributed by atoms with Crippen molar-refractivity contribution < 1.29 is 14.2 Å². The molecular weight excluding hydrogens is 488 g/mol. The number of ether oxygens (including phenoxy) is 3. The molecule has 2 aromatic heterocycles. The predicted octanol–water partition coefficient (Wildman–Crippen LogP) is 2.61. The Kier molecular flexibility index (Phi) is 7.02. The minimum atomic E-state index is -0.479. The van der Waals surface area contributed by atoms with Gasteiger partial charge in [0.05, 0.1) is 34.1 Å². The lowest BCUT2D eigenvalue weighted by Crippen LogP contribution is -2.37. The number of hydrogen-bond acceptors (Lipinski definition) is 8.